The molecule has 0 spiro atoms. The van der Waals surface area contributed by atoms with Crippen LogP contribution in [-0.4, -0.2) is 43.3 Å². The third-order valence-corrected chi connectivity index (χ3v) is 2.77. The average molecular weight is 297 g/mol. The van der Waals surface area contributed by atoms with Gasteiger partial charge in [-0.2, -0.15) is 0 Å². The largest absolute Gasteiger partial charge is 0.493 e. The van der Waals surface area contributed by atoms with Crippen molar-refractivity contribution in [3.8, 4) is 17.2 Å². The molecular weight excluding hydrogens is 278 g/mol. The van der Waals surface area contributed by atoms with Crippen LogP contribution in [0.5, 0.6) is 17.2 Å². The highest BCUT2D eigenvalue weighted by Crippen LogP contribution is 2.37. The van der Waals surface area contributed by atoms with E-state index in [4.69, 9.17) is 19.3 Å². The highest BCUT2D eigenvalue weighted by Gasteiger charge is 2.22. The summed E-state index contributed by atoms with van der Waals surface area (Å²) in [5, 5.41) is 11.1. The van der Waals surface area contributed by atoms with Gasteiger partial charge in [0.15, 0.2) is 17.6 Å². The fourth-order valence-electron chi connectivity index (χ4n) is 1.59. The molecule has 0 bridgehead atoms. The summed E-state index contributed by atoms with van der Waals surface area (Å²) in [6.45, 7) is 2.89. The van der Waals surface area contributed by atoms with Crippen molar-refractivity contribution in [2.45, 2.75) is 26.0 Å². The van der Waals surface area contributed by atoms with Crippen LogP contribution in [0.15, 0.2) is 18.2 Å². The van der Waals surface area contributed by atoms with Crippen molar-refractivity contribution in [1.82, 2.24) is 5.32 Å². The van der Waals surface area contributed by atoms with E-state index < -0.39 is 24.0 Å². The third kappa shape index (κ3) is 4.27. The topological polar surface area (TPSA) is 94.1 Å². The van der Waals surface area contributed by atoms with Crippen molar-refractivity contribution in [1.29, 1.82) is 0 Å². The number of nitrogens with one attached hydrogen (secondary N) is 1. The Bertz CT molecular complexity index is 516. The minimum atomic E-state index is -1.12. The number of benzene rings is 1. The first-order valence-corrected chi connectivity index (χ1v) is 6.31. The molecule has 2 atom stereocenters. The second-order valence-electron chi connectivity index (χ2n) is 4.32. The summed E-state index contributed by atoms with van der Waals surface area (Å²) in [5.74, 6) is -0.473. The highest BCUT2D eigenvalue weighted by molar-refractivity contribution is 5.86. The Kier molecular flexibility index (Phi) is 5.83. The first-order chi connectivity index (χ1) is 9.90. The lowest BCUT2D eigenvalue weighted by molar-refractivity contribution is -0.142. The summed E-state index contributed by atoms with van der Waals surface area (Å²) in [5.41, 5.74) is 0. The number of carbonyl (C=O) groups is 2. The van der Waals surface area contributed by atoms with Crippen molar-refractivity contribution in [3.63, 3.8) is 0 Å². The standard InChI is InChI=1S/C14H19NO6/c1-8(14(17)18)15-13(16)9(2)21-11-7-5-6-10(19-3)12(11)20-4/h5-9H,1-4H3,(H,15,16)(H,17,18). The summed E-state index contributed by atoms with van der Waals surface area (Å²) in [7, 11) is 2.95. The van der Waals surface area contributed by atoms with Gasteiger partial charge in [-0.3, -0.25) is 9.59 Å². The molecule has 1 amide bonds. The third-order valence-electron chi connectivity index (χ3n) is 2.77. The number of rotatable bonds is 7. The quantitative estimate of drug-likeness (QED) is 0.781. The Labute approximate surface area is 122 Å². The van der Waals surface area contributed by atoms with Crippen molar-refractivity contribution in [2.24, 2.45) is 0 Å². The number of para-hydroxylation sites is 1. The maximum atomic E-state index is 11.8. The minimum Gasteiger partial charge on any atom is -0.493 e. The van der Waals surface area contributed by atoms with Crippen LogP contribution < -0.4 is 19.5 Å². The molecule has 1 aromatic carbocycles. The number of carbonyl (C=O) groups excluding carboxylic acids is 1. The van der Waals surface area contributed by atoms with E-state index in [1.165, 1.54) is 28.1 Å². The summed E-state index contributed by atoms with van der Waals surface area (Å²) < 4.78 is 15.8. The molecule has 0 aromatic heterocycles. The molecule has 7 heteroatoms. The molecule has 1 rings (SSSR count). The van der Waals surface area contributed by atoms with Crippen LogP contribution in [-0.2, 0) is 9.59 Å². The van der Waals surface area contributed by atoms with Crippen molar-refractivity contribution in [3.05, 3.63) is 18.2 Å². The van der Waals surface area contributed by atoms with E-state index >= 15 is 0 Å². The minimum absolute atomic E-state index is 0.336. The number of methoxy groups -OCH3 is 2. The van der Waals surface area contributed by atoms with E-state index in [1.807, 2.05) is 0 Å². The lowest BCUT2D eigenvalue weighted by Crippen LogP contribution is -2.44. The van der Waals surface area contributed by atoms with Crippen LogP contribution in [0.4, 0.5) is 0 Å². The second-order valence-corrected chi connectivity index (χ2v) is 4.32. The maximum Gasteiger partial charge on any atom is 0.325 e. The van der Waals surface area contributed by atoms with E-state index in [0.29, 0.717) is 17.2 Å². The zero-order chi connectivity index (χ0) is 16.0. The Morgan fingerprint density at radius 3 is 2.29 bits per heavy atom. The Hall–Kier alpha value is -2.44. The number of carboxylic acids is 1. The molecule has 0 heterocycles. The number of hydrogen-bond acceptors (Lipinski definition) is 5. The van der Waals surface area contributed by atoms with Gasteiger partial charge >= 0.3 is 5.97 Å². The molecule has 2 N–H and O–H groups in total. The monoisotopic (exact) mass is 297 g/mol. The Balaban J connectivity index is 2.81. The number of carboxylic acid groups (broad SMARTS) is 1. The fourth-order valence-corrected chi connectivity index (χ4v) is 1.59. The van der Waals surface area contributed by atoms with Crippen LogP contribution in [0.3, 0.4) is 0 Å². The van der Waals surface area contributed by atoms with Gasteiger partial charge in [-0.1, -0.05) is 6.07 Å². The molecule has 0 fully saturated rings. The number of ether oxygens (including phenoxy) is 3. The van der Waals surface area contributed by atoms with Gasteiger partial charge in [-0.25, -0.2) is 0 Å². The molecule has 0 saturated carbocycles. The van der Waals surface area contributed by atoms with Gasteiger partial charge in [-0.05, 0) is 26.0 Å². The molecule has 116 valence electrons. The Morgan fingerprint density at radius 1 is 1.14 bits per heavy atom. The molecule has 0 aliphatic carbocycles. The van der Waals surface area contributed by atoms with E-state index in [9.17, 15) is 9.59 Å². The second kappa shape index (κ2) is 7.37. The van der Waals surface area contributed by atoms with Crippen molar-refractivity contribution >= 4 is 11.9 Å². The number of hydrogen-bond donors (Lipinski definition) is 2. The summed E-state index contributed by atoms with van der Waals surface area (Å²) in [6, 6.07) is 4.03. The predicted octanol–water partition coefficient (Wildman–Crippen LogP) is 1.06. The SMILES string of the molecule is COc1cccc(OC(C)C(=O)NC(C)C(=O)O)c1OC. The zero-order valence-electron chi connectivity index (χ0n) is 12.4. The lowest BCUT2D eigenvalue weighted by atomic mass is 10.2. The Morgan fingerprint density at radius 2 is 1.76 bits per heavy atom. The molecule has 0 aliphatic rings. The van der Waals surface area contributed by atoms with Gasteiger partial charge in [0.2, 0.25) is 5.75 Å². The summed E-state index contributed by atoms with van der Waals surface area (Å²) in [6.07, 6.45) is -0.882. The summed E-state index contributed by atoms with van der Waals surface area (Å²) in [4.78, 5) is 22.6. The smallest absolute Gasteiger partial charge is 0.325 e. The zero-order valence-corrected chi connectivity index (χ0v) is 12.4. The number of aliphatic carboxylic acids is 1. The van der Waals surface area contributed by atoms with Gasteiger partial charge in [-0.15, -0.1) is 0 Å². The molecule has 1 aromatic rings. The van der Waals surface area contributed by atoms with Gasteiger partial charge in [0.1, 0.15) is 6.04 Å². The van der Waals surface area contributed by atoms with Crippen LogP contribution in [0, 0.1) is 0 Å². The van der Waals surface area contributed by atoms with Crippen molar-refractivity contribution < 1.29 is 28.9 Å². The van der Waals surface area contributed by atoms with Crippen LogP contribution >= 0.6 is 0 Å². The molecule has 0 aliphatic heterocycles. The fraction of sp³-hybridized carbons (Fsp3) is 0.429. The van der Waals surface area contributed by atoms with Crippen molar-refractivity contribution in [2.75, 3.05) is 14.2 Å². The van der Waals surface area contributed by atoms with Crippen LogP contribution in [0.2, 0.25) is 0 Å². The molecular formula is C14H19NO6. The predicted molar refractivity (Wildman–Crippen MR) is 74.9 cm³/mol. The lowest BCUT2D eigenvalue weighted by Gasteiger charge is -2.19. The van der Waals surface area contributed by atoms with Gasteiger partial charge in [0, 0.05) is 0 Å². The van der Waals surface area contributed by atoms with E-state index in [-0.39, 0.29) is 0 Å². The van der Waals surface area contributed by atoms with Crippen LogP contribution in [0.1, 0.15) is 13.8 Å². The first kappa shape index (κ1) is 16.6. The van der Waals surface area contributed by atoms with Gasteiger partial charge in [0.25, 0.3) is 5.91 Å². The number of amides is 1. The maximum absolute atomic E-state index is 11.8. The molecule has 0 saturated heterocycles. The first-order valence-electron chi connectivity index (χ1n) is 6.31. The van der Waals surface area contributed by atoms with E-state index in [1.54, 1.807) is 18.2 Å². The van der Waals surface area contributed by atoms with Crippen LogP contribution in [0.25, 0.3) is 0 Å². The molecule has 21 heavy (non-hydrogen) atoms. The highest BCUT2D eigenvalue weighted by atomic mass is 16.5. The normalized spacial score (nSPS) is 13.0. The van der Waals surface area contributed by atoms with Gasteiger partial charge < -0.3 is 24.6 Å². The van der Waals surface area contributed by atoms with E-state index in [2.05, 4.69) is 5.32 Å². The average Bonchev–Trinajstić information content (AvgIpc) is 2.46. The molecule has 2 unspecified atom stereocenters. The molecule has 7 nitrogen and oxygen atoms in total. The van der Waals surface area contributed by atoms with E-state index in [0.717, 1.165) is 0 Å². The summed E-state index contributed by atoms with van der Waals surface area (Å²) >= 11 is 0. The molecule has 0 radical (unpaired) electrons. The van der Waals surface area contributed by atoms with Gasteiger partial charge in [0.05, 0.1) is 14.2 Å².